The van der Waals surface area contributed by atoms with Crippen LogP contribution in [-0.2, 0) is 6.54 Å². The third kappa shape index (κ3) is 4.10. The second-order valence-electron chi connectivity index (χ2n) is 3.62. The van der Waals surface area contributed by atoms with Crippen molar-refractivity contribution in [1.82, 2.24) is 14.8 Å². The van der Waals surface area contributed by atoms with Gasteiger partial charge in [-0.15, -0.1) is 18.3 Å². The van der Waals surface area contributed by atoms with Gasteiger partial charge >= 0.3 is 6.36 Å². The Morgan fingerprint density at radius 1 is 1.30 bits per heavy atom. The van der Waals surface area contributed by atoms with Crippen molar-refractivity contribution in [2.24, 2.45) is 0 Å². The van der Waals surface area contributed by atoms with Crippen LogP contribution in [0.3, 0.4) is 0 Å². The molecular formula is C10H5Br2ClF3N3O. The second-order valence-corrected chi connectivity index (χ2v) is 5.45. The summed E-state index contributed by atoms with van der Waals surface area (Å²) in [5.74, 6) is -0.443. The maximum Gasteiger partial charge on any atom is 0.573 e. The summed E-state index contributed by atoms with van der Waals surface area (Å²) in [6.07, 6.45) is -4.77. The number of alkyl halides is 3. The van der Waals surface area contributed by atoms with Crippen LogP contribution in [0.4, 0.5) is 13.2 Å². The van der Waals surface area contributed by atoms with Crippen LogP contribution in [-0.4, -0.2) is 21.1 Å². The van der Waals surface area contributed by atoms with E-state index in [1.54, 1.807) is 0 Å². The summed E-state index contributed by atoms with van der Waals surface area (Å²) >= 11 is 12.1. The van der Waals surface area contributed by atoms with Gasteiger partial charge in [0.2, 0.25) is 4.73 Å². The molecular weight excluding hydrogens is 430 g/mol. The first kappa shape index (κ1) is 15.6. The van der Waals surface area contributed by atoms with Crippen molar-refractivity contribution >= 4 is 43.5 Å². The standard InChI is InChI=1S/C10H5Br2ClF3N3O/c11-8-17-9(12)19(18-8)4-5-1-2-7(6(13)3-5)20-10(14,15)16/h1-3H,4H2. The van der Waals surface area contributed by atoms with E-state index < -0.39 is 12.1 Å². The SMILES string of the molecule is FC(F)(F)Oc1ccc(Cn2nc(Br)nc2Br)cc1Cl. The predicted octanol–water partition coefficient (Wildman–Crippen LogP) is 4.40. The van der Waals surface area contributed by atoms with Crippen molar-refractivity contribution in [1.29, 1.82) is 0 Å². The zero-order chi connectivity index (χ0) is 14.9. The molecule has 0 aliphatic heterocycles. The number of ether oxygens (including phenoxy) is 1. The zero-order valence-electron chi connectivity index (χ0n) is 9.46. The Hall–Kier alpha value is -0.800. The van der Waals surface area contributed by atoms with Crippen molar-refractivity contribution in [3.05, 3.63) is 38.3 Å². The summed E-state index contributed by atoms with van der Waals surface area (Å²) in [4.78, 5) is 3.97. The minimum Gasteiger partial charge on any atom is -0.404 e. The summed E-state index contributed by atoms with van der Waals surface area (Å²) in [5, 5.41) is 3.91. The lowest BCUT2D eigenvalue weighted by Crippen LogP contribution is -2.17. The maximum absolute atomic E-state index is 12.1. The fraction of sp³-hybridized carbons (Fsp3) is 0.200. The molecule has 4 nitrogen and oxygen atoms in total. The lowest BCUT2D eigenvalue weighted by atomic mass is 10.2. The lowest BCUT2D eigenvalue weighted by molar-refractivity contribution is -0.274. The van der Waals surface area contributed by atoms with E-state index in [9.17, 15) is 13.2 Å². The molecule has 108 valence electrons. The van der Waals surface area contributed by atoms with Gasteiger partial charge in [0.1, 0.15) is 5.75 Å². The average molecular weight is 435 g/mol. The normalized spacial score (nSPS) is 11.7. The quantitative estimate of drug-likeness (QED) is 0.718. The van der Waals surface area contributed by atoms with Crippen molar-refractivity contribution < 1.29 is 17.9 Å². The summed E-state index contributed by atoms with van der Waals surface area (Å²) < 4.78 is 42.5. The highest BCUT2D eigenvalue weighted by Crippen LogP contribution is 2.31. The monoisotopic (exact) mass is 433 g/mol. The van der Waals surface area contributed by atoms with Gasteiger partial charge in [-0.3, -0.25) is 0 Å². The third-order valence-electron chi connectivity index (χ3n) is 2.16. The fourth-order valence-corrected chi connectivity index (χ4v) is 2.63. The van der Waals surface area contributed by atoms with Crippen LogP contribution in [0.2, 0.25) is 5.02 Å². The van der Waals surface area contributed by atoms with Gasteiger partial charge in [0.15, 0.2) is 4.73 Å². The Morgan fingerprint density at radius 2 is 2.00 bits per heavy atom. The van der Waals surface area contributed by atoms with Crippen LogP contribution < -0.4 is 4.74 Å². The number of benzene rings is 1. The van der Waals surface area contributed by atoms with Gasteiger partial charge in [-0.05, 0) is 49.6 Å². The van der Waals surface area contributed by atoms with Crippen molar-refractivity contribution in [3.63, 3.8) is 0 Å². The van der Waals surface area contributed by atoms with Crippen molar-refractivity contribution in [2.75, 3.05) is 0 Å². The highest BCUT2D eigenvalue weighted by atomic mass is 79.9. The molecule has 0 saturated heterocycles. The van der Waals surface area contributed by atoms with Gasteiger partial charge in [-0.1, -0.05) is 17.7 Å². The van der Waals surface area contributed by atoms with E-state index in [-0.39, 0.29) is 5.02 Å². The number of hydrogen-bond donors (Lipinski definition) is 0. The number of nitrogens with zero attached hydrogens (tertiary/aromatic N) is 3. The predicted molar refractivity (Wildman–Crippen MR) is 72.7 cm³/mol. The zero-order valence-corrected chi connectivity index (χ0v) is 13.4. The Kier molecular flexibility index (Phi) is 4.60. The molecule has 1 aromatic heterocycles. The third-order valence-corrected chi connectivity index (χ3v) is 3.37. The van der Waals surface area contributed by atoms with Gasteiger partial charge < -0.3 is 4.74 Å². The topological polar surface area (TPSA) is 39.9 Å². The molecule has 0 bridgehead atoms. The summed E-state index contributed by atoms with van der Waals surface area (Å²) in [7, 11) is 0. The van der Waals surface area contributed by atoms with Gasteiger partial charge in [-0.25, -0.2) is 4.68 Å². The Balaban J connectivity index is 2.19. The molecule has 1 heterocycles. The first-order chi connectivity index (χ1) is 9.24. The summed E-state index contributed by atoms with van der Waals surface area (Å²) in [6, 6.07) is 4.00. The fourth-order valence-electron chi connectivity index (χ4n) is 1.42. The molecule has 10 heteroatoms. The molecule has 0 atom stereocenters. The van der Waals surface area contributed by atoms with Crippen LogP contribution >= 0.6 is 43.5 Å². The van der Waals surface area contributed by atoms with Crippen molar-refractivity contribution in [3.8, 4) is 5.75 Å². The molecule has 20 heavy (non-hydrogen) atoms. The molecule has 0 aliphatic rings. The first-order valence-electron chi connectivity index (χ1n) is 5.04. The summed E-state index contributed by atoms with van der Waals surface area (Å²) in [6.45, 7) is 0.297. The molecule has 0 fully saturated rings. The van der Waals surface area contributed by atoms with E-state index in [2.05, 4.69) is 46.7 Å². The van der Waals surface area contributed by atoms with Crippen molar-refractivity contribution in [2.45, 2.75) is 12.9 Å². The molecule has 0 N–H and O–H groups in total. The highest BCUT2D eigenvalue weighted by Gasteiger charge is 2.32. The average Bonchev–Trinajstić information content (AvgIpc) is 2.60. The molecule has 0 saturated carbocycles. The van der Waals surface area contributed by atoms with Crippen LogP contribution in [0, 0.1) is 0 Å². The molecule has 2 aromatic rings. The second kappa shape index (κ2) is 5.90. The van der Waals surface area contributed by atoms with Gasteiger partial charge in [0.05, 0.1) is 11.6 Å². The Morgan fingerprint density at radius 3 is 2.50 bits per heavy atom. The molecule has 0 aliphatic carbocycles. The largest absolute Gasteiger partial charge is 0.573 e. The summed E-state index contributed by atoms with van der Waals surface area (Å²) in [5.41, 5.74) is 0.655. The van der Waals surface area contributed by atoms with E-state index in [0.29, 0.717) is 21.6 Å². The number of halogens is 6. The Bertz CT molecular complexity index is 633. The van der Waals surface area contributed by atoms with Crippen LogP contribution in [0.15, 0.2) is 27.7 Å². The molecule has 0 unspecified atom stereocenters. The van der Waals surface area contributed by atoms with Crippen LogP contribution in [0.5, 0.6) is 5.75 Å². The van der Waals surface area contributed by atoms with E-state index in [1.807, 2.05) is 0 Å². The Labute approximate surface area is 133 Å². The van der Waals surface area contributed by atoms with Crippen LogP contribution in [0.1, 0.15) is 5.56 Å². The van der Waals surface area contributed by atoms with Crippen LogP contribution in [0.25, 0.3) is 0 Å². The molecule has 0 radical (unpaired) electrons. The molecule has 0 spiro atoms. The minimum absolute atomic E-state index is 0.130. The lowest BCUT2D eigenvalue weighted by Gasteiger charge is -2.11. The maximum atomic E-state index is 12.1. The smallest absolute Gasteiger partial charge is 0.404 e. The van der Waals surface area contributed by atoms with E-state index in [1.165, 1.54) is 16.8 Å². The molecule has 1 aromatic carbocycles. The molecule has 2 rings (SSSR count). The van der Waals surface area contributed by atoms with Gasteiger partial charge in [0.25, 0.3) is 0 Å². The molecule has 0 amide bonds. The van der Waals surface area contributed by atoms with E-state index in [4.69, 9.17) is 11.6 Å². The van der Waals surface area contributed by atoms with E-state index >= 15 is 0 Å². The number of rotatable bonds is 3. The number of hydrogen-bond acceptors (Lipinski definition) is 3. The minimum atomic E-state index is -4.77. The number of aromatic nitrogens is 3. The van der Waals surface area contributed by atoms with Gasteiger partial charge in [0, 0.05) is 0 Å². The van der Waals surface area contributed by atoms with E-state index in [0.717, 1.165) is 6.07 Å². The van der Waals surface area contributed by atoms with Gasteiger partial charge in [-0.2, -0.15) is 4.98 Å². The highest BCUT2D eigenvalue weighted by molar-refractivity contribution is 9.11. The first-order valence-corrected chi connectivity index (χ1v) is 7.01.